The Balaban J connectivity index is 1.97. The van der Waals surface area contributed by atoms with Crippen LogP contribution in [-0.2, 0) is 4.79 Å². The molecular formula is C15H21NO3. The molecule has 1 aliphatic rings. The summed E-state index contributed by atoms with van der Waals surface area (Å²) in [6, 6.07) is 7.18. The highest BCUT2D eigenvalue weighted by Crippen LogP contribution is 2.21. The number of nitrogens with one attached hydrogen (secondary N) is 1. The molecule has 1 saturated carbocycles. The van der Waals surface area contributed by atoms with Crippen molar-refractivity contribution < 1.29 is 14.6 Å². The molecule has 0 heterocycles. The molecule has 0 radical (unpaired) electrons. The molecule has 19 heavy (non-hydrogen) atoms. The van der Waals surface area contributed by atoms with E-state index in [0.29, 0.717) is 11.3 Å². The molecule has 1 unspecified atom stereocenters. The monoisotopic (exact) mass is 263 g/mol. The Bertz CT molecular complexity index is 427. The van der Waals surface area contributed by atoms with E-state index in [9.17, 15) is 9.90 Å². The van der Waals surface area contributed by atoms with E-state index in [2.05, 4.69) is 5.32 Å². The van der Waals surface area contributed by atoms with Gasteiger partial charge in [-0.25, -0.2) is 0 Å². The van der Waals surface area contributed by atoms with E-state index in [0.717, 1.165) is 25.7 Å². The average Bonchev–Trinajstić information content (AvgIpc) is 2.47. The van der Waals surface area contributed by atoms with Gasteiger partial charge >= 0.3 is 0 Å². The minimum Gasteiger partial charge on any atom is -0.497 e. The third-order valence-corrected chi connectivity index (χ3v) is 3.61. The zero-order valence-corrected chi connectivity index (χ0v) is 11.3. The van der Waals surface area contributed by atoms with Gasteiger partial charge in [0.05, 0.1) is 7.11 Å². The lowest BCUT2D eigenvalue weighted by molar-refractivity contribution is -0.130. The highest BCUT2D eigenvalue weighted by Gasteiger charge is 2.22. The summed E-state index contributed by atoms with van der Waals surface area (Å²) in [6.45, 7) is 0. The number of amides is 1. The van der Waals surface area contributed by atoms with Gasteiger partial charge in [-0.2, -0.15) is 0 Å². The van der Waals surface area contributed by atoms with Crippen LogP contribution in [0.5, 0.6) is 5.75 Å². The smallest absolute Gasteiger partial charge is 0.253 e. The molecule has 1 aromatic rings. The van der Waals surface area contributed by atoms with Gasteiger partial charge < -0.3 is 15.2 Å². The summed E-state index contributed by atoms with van der Waals surface area (Å²) in [5, 5.41) is 13.0. The summed E-state index contributed by atoms with van der Waals surface area (Å²) in [7, 11) is 1.56. The largest absolute Gasteiger partial charge is 0.497 e. The van der Waals surface area contributed by atoms with Gasteiger partial charge in [0.1, 0.15) is 5.75 Å². The molecule has 2 rings (SSSR count). The maximum absolute atomic E-state index is 12.0. The van der Waals surface area contributed by atoms with Crippen molar-refractivity contribution in [2.75, 3.05) is 7.11 Å². The second-order valence-corrected chi connectivity index (χ2v) is 5.02. The number of hydrogen-bond acceptors (Lipinski definition) is 3. The van der Waals surface area contributed by atoms with Gasteiger partial charge in [-0.1, -0.05) is 31.4 Å². The molecular weight excluding hydrogens is 242 g/mol. The van der Waals surface area contributed by atoms with Crippen LogP contribution in [0.25, 0.3) is 0 Å². The Morgan fingerprint density at radius 2 is 2.11 bits per heavy atom. The second-order valence-electron chi connectivity index (χ2n) is 5.02. The summed E-state index contributed by atoms with van der Waals surface area (Å²) in [5.74, 6) is 0.321. The molecule has 0 bridgehead atoms. The molecule has 0 saturated heterocycles. The molecule has 104 valence electrons. The fraction of sp³-hybridized carbons (Fsp3) is 0.533. The number of carbonyl (C=O) groups excluding carboxylic acids is 1. The van der Waals surface area contributed by atoms with Gasteiger partial charge in [-0.05, 0) is 30.5 Å². The zero-order valence-electron chi connectivity index (χ0n) is 11.3. The van der Waals surface area contributed by atoms with E-state index in [1.54, 1.807) is 31.4 Å². The van der Waals surface area contributed by atoms with Crippen LogP contribution in [-0.4, -0.2) is 24.2 Å². The minimum atomic E-state index is -1.13. The molecule has 0 spiro atoms. The summed E-state index contributed by atoms with van der Waals surface area (Å²) in [6.07, 6.45) is 4.44. The first-order chi connectivity index (χ1) is 9.20. The molecule has 1 aromatic carbocycles. The first kappa shape index (κ1) is 13.9. The Labute approximate surface area is 113 Å². The van der Waals surface area contributed by atoms with E-state index in [1.165, 1.54) is 6.42 Å². The molecule has 0 aliphatic heterocycles. The molecule has 1 aliphatic carbocycles. The number of rotatable bonds is 4. The molecule has 0 aromatic heterocycles. The Morgan fingerprint density at radius 3 is 2.79 bits per heavy atom. The second kappa shape index (κ2) is 6.57. The Morgan fingerprint density at radius 1 is 1.37 bits per heavy atom. The molecule has 1 fully saturated rings. The Hall–Kier alpha value is -1.55. The van der Waals surface area contributed by atoms with Crippen molar-refractivity contribution in [2.45, 2.75) is 44.2 Å². The van der Waals surface area contributed by atoms with Gasteiger partial charge in [0.15, 0.2) is 6.10 Å². The highest BCUT2D eigenvalue weighted by molar-refractivity contribution is 5.82. The van der Waals surface area contributed by atoms with Crippen LogP contribution >= 0.6 is 0 Å². The SMILES string of the molecule is COc1cccc(C(O)C(=O)NC2CCCCC2)c1. The number of aliphatic hydroxyl groups excluding tert-OH is 1. The molecule has 2 N–H and O–H groups in total. The zero-order chi connectivity index (χ0) is 13.7. The fourth-order valence-corrected chi connectivity index (χ4v) is 2.49. The maximum atomic E-state index is 12.0. The van der Waals surface area contributed by atoms with Crippen LogP contribution in [0.3, 0.4) is 0 Å². The Kier molecular flexibility index (Phi) is 4.80. The summed E-state index contributed by atoms with van der Waals surface area (Å²) >= 11 is 0. The van der Waals surface area contributed by atoms with Crippen LogP contribution in [0.2, 0.25) is 0 Å². The van der Waals surface area contributed by atoms with E-state index in [4.69, 9.17) is 4.74 Å². The topological polar surface area (TPSA) is 58.6 Å². The van der Waals surface area contributed by atoms with Crippen molar-refractivity contribution >= 4 is 5.91 Å². The number of benzene rings is 1. The van der Waals surface area contributed by atoms with Crippen molar-refractivity contribution in [1.29, 1.82) is 0 Å². The third kappa shape index (κ3) is 3.70. The molecule has 1 atom stereocenters. The van der Waals surface area contributed by atoms with E-state index < -0.39 is 6.10 Å². The van der Waals surface area contributed by atoms with Crippen LogP contribution in [0, 0.1) is 0 Å². The lowest BCUT2D eigenvalue weighted by atomic mass is 9.95. The average molecular weight is 263 g/mol. The van der Waals surface area contributed by atoms with Crippen LogP contribution in [0.15, 0.2) is 24.3 Å². The van der Waals surface area contributed by atoms with Crippen LogP contribution in [0.1, 0.15) is 43.8 Å². The number of hydrogen-bond donors (Lipinski definition) is 2. The number of aliphatic hydroxyl groups is 1. The number of ether oxygens (including phenoxy) is 1. The summed E-state index contributed by atoms with van der Waals surface area (Å²) in [5.41, 5.74) is 0.563. The van der Waals surface area contributed by atoms with Gasteiger partial charge in [0, 0.05) is 6.04 Å². The van der Waals surface area contributed by atoms with Crippen molar-refractivity contribution in [2.24, 2.45) is 0 Å². The fourth-order valence-electron chi connectivity index (χ4n) is 2.49. The predicted molar refractivity (Wildman–Crippen MR) is 73.0 cm³/mol. The first-order valence-corrected chi connectivity index (χ1v) is 6.83. The number of methoxy groups -OCH3 is 1. The normalized spacial score (nSPS) is 17.8. The van der Waals surface area contributed by atoms with Gasteiger partial charge in [0.25, 0.3) is 5.91 Å². The van der Waals surface area contributed by atoms with Crippen LogP contribution < -0.4 is 10.1 Å². The van der Waals surface area contributed by atoms with E-state index in [-0.39, 0.29) is 11.9 Å². The minimum absolute atomic E-state index is 0.210. The molecule has 1 amide bonds. The van der Waals surface area contributed by atoms with Crippen molar-refractivity contribution in [1.82, 2.24) is 5.32 Å². The third-order valence-electron chi connectivity index (χ3n) is 3.61. The van der Waals surface area contributed by atoms with Gasteiger partial charge in [-0.3, -0.25) is 4.79 Å². The first-order valence-electron chi connectivity index (χ1n) is 6.83. The quantitative estimate of drug-likeness (QED) is 0.875. The van der Waals surface area contributed by atoms with Crippen molar-refractivity contribution in [3.8, 4) is 5.75 Å². The lowest BCUT2D eigenvalue weighted by Gasteiger charge is -2.24. The van der Waals surface area contributed by atoms with Gasteiger partial charge in [0.2, 0.25) is 0 Å². The highest BCUT2D eigenvalue weighted by atomic mass is 16.5. The van der Waals surface area contributed by atoms with Crippen molar-refractivity contribution in [3.63, 3.8) is 0 Å². The van der Waals surface area contributed by atoms with Gasteiger partial charge in [-0.15, -0.1) is 0 Å². The lowest BCUT2D eigenvalue weighted by Crippen LogP contribution is -2.39. The van der Waals surface area contributed by atoms with E-state index >= 15 is 0 Å². The maximum Gasteiger partial charge on any atom is 0.253 e. The molecule has 4 nitrogen and oxygen atoms in total. The predicted octanol–water partition coefficient (Wildman–Crippen LogP) is 2.18. The standard InChI is InChI=1S/C15H21NO3/c1-19-13-9-5-6-11(10-13)14(17)15(18)16-12-7-3-2-4-8-12/h5-6,9-10,12,14,17H,2-4,7-8H2,1H3,(H,16,18). The molecule has 4 heteroatoms. The van der Waals surface area contributed by atoms with E-state index in [1.807, 2.05) is 0 Å². The summed E-state index contributed by atoms with van der Waals surface area (Å²) in [4.78, 5) is 12.0. The number of carbonyl (C=O) groups is 1. The summed E-state index contributed by atoms with van der Waals surface area (Å²) < 4.78 is 5.09. The van der Waals surface area contributed by atoms with Crippen molar-refractivity contribution in [3.05, 3.63) is 29.8 Å². The van der Waals surface area contributed by atoms with Crippen LogP contribution in [0.4, 0.5) is 0 Å².